The molecule has 3 rings (SSSR count). The molecule has 0 amide bonds. The van der Waals surface area contributed by atoms with Gasteiger partial charge in [0.05, 0.1) is 5.39 Å². The summed E-state index contributed by atoms with van der Waals surface area (Å²) in [7, 11) is 0. The Labute approximate surface area is 120 Å². The quantitative estimate of drug-likeness (QED) is 0.930. The molecule has 4 heteroatoms. The number of hydrogen-bond donors (Lipinski definition) is 1. The highest BCUT2D eigenvalue weighted by atomic mass is 15.1. The first kappa shape index (κ1) is 13.4. The number of aryl methyl sites for hydroxylation is 3. The molecule has 2 heterocycles. The van der Waals surface area contributed by atoms with Gasteiger partial charge in [-0.15, -0.1) is 0 Å². The fourth-order valence-corrected chi connectivity index (χ4v) is 3.56. The van der Waals surface area contributed by atoms with E-state index in [1.54, 1.807) is 0 Å². The zero-order valence-electron chi connectivity index (χ0n) is 12.7. The number of rotatable bonds is 3. The Morgan fingerprint density at radius 1 is 1.15 bits per heavy atom. The molecule has 0 radical (unpaired) electrons. The Hall–Kier alpha value is -1.58. The van der Waals surface area contributed by atoms with Gasteiger partial charge < -0.3 is 10.3 Å². The second kappa shape index (κ2) is 5.08. The molecule has 2 aromatic heterocycles. The van der Waals surface area contributed by atoms with Crippen LogP contribution in [0.1, 0.15) is 49.2 Å². The summed E-state index contributed by atoms with van der Waals surface area (Å²) in [4.78, 5) is 8.94. The maximum atomic E-state index is 6.09. The third-order valence-electron chi connectivity index (χ3n) is 4.84. The van der Waals surface area contributed by atoms with Crippen LogP contribution in [0.15, 0.2) is 0 Å². The molecule has 1 fully saturated rings. The van der Waals surface area contributed by atoms with Gasteiger partial charge in [0.2, 0.25) is 0 Å². The summed E-state index contributed by atoms with van der Waals surface area (Å²) in [5, 5.41) is 1.04. The molecule has 0 bridgehead atoms. The lowest BCUT2D eigenvalue weighted by Gasteiger charge is -2.12. The maximum Gasteiger partial charge on any atom is 0.146 e. The van der Waals surface area contributed by atoms with Gasteiger partial charge in [-0.1, -0.05) is 25.7 Å². The predicted octanol–water partition coefficient (Wildman–Crippen LogP) is 3.52. The van der Waals surface area contributed by atoms with Crippen LogP contribution in [0.25, 0.3) is 11.0 Å². The van der Waals surface area contributed by atoms with Crippen molar-refractivity contribution in [2.24, 2.45) is 5.92 Å². The van der Waals surface area contributed by atoms with Crippen molar-refractivity contribution in [1.82, 2.24) is 14.5 Å². The molecule has 108 valence electrons. The topological polar surface area (TPSA) is 56.7 Å². The molecule has 0 aliphatic heterocycles. The monoisotopic (exact) mass is 272 g/mol. The lowest BCUT2D eigenvalue weighted by Crippen LogP contribution is -2.07. The van der Waals surface area contributed by atoms with Crippen molar-refractivity contribution in [1.29, 1.82) is 0 Å². The van der Waals surface area contributed by atoms with E-state index in [0.717, 1.165) is 29.3 Å². The van der Waals surface area contributed by atoms with Crippen LogP contribution < -0.4 is 5.73 Å². The van der Waals surface area contributed by atoms with Crippen molar-refractivity contribution in [3.05, 3.63) is 17.1 Å². The first-order valence-electron chi connectivity index (χ1n) is 7.67. The van der Waals surface area contributed by atoms with E-state index in [0.29, 0.717) is 5.82 Å². The molecule has 4 nitrogen and oxygen atoms in total. The summed E-state index contributed by atoms with van der Waals surface area (Å²) < 4.78 is 2.34. The average Bonchev–Trinajstić information content (AvgIpc) is 2.97. The first-order chi connectivity index (χ1) is 9.58. The second-order valence-electron chi connectivity index (χ2n) is 6.16. The van der Waals surface area contributed by atoms with Crippen LogP contribution >= 0.6 is 0 Å². The standard InChI is InChI=1S/C16H24N4/c1-10-11(2)20(9-8-13-6-4-5-7-13)16-14(10)15(17)18-12(3)19-16/h13H,4-9H2,1-3H3,(H2,17,18,19). The molecule has 0 atom stereocenters. The SMILES string of the molecule is Cc1nc(N)c2c(C)c(C)n(CCC3CCCC3)c2n1. The van der Waals surface area contributed by atoms with Crippen molar-refractivity contribution in [2.45, 2.75) is 59.4 Å². The molecule has 0 unspecified atom stereocenters. The number of anilines is 1. The van der Waals surface area contributed by atoms with Crippen LogP contribution in [0.3, 0.4) is 0 Å². The van der Waals surface area contributed by atoms with Crippen molar-refractivity contribution in [2.75, 3.05) is 5.73 Å². The average molecular weight is 272 g/mol. The van der Waals surface area contributed by atoms with Gasteiger partial charge in [0, 0.05) is 12.2 Å². The van der Waals surface area contributed by atoms with E-state index in [4.69, 9.17) is 5.73 Å². The summed E-state index contributed by atoms with van der Waals surface area (Å²) in [6.45, 7) is 7.25. The van der Waals surface area contributed by atoms with Crippen LogP contribution in [-0.2, 0) is 6.54 Å². The molecule has 0 saturated heterocycles. The number of hydrogen-bond acceptors (Lipinski definition) is 3. The fraction of sp³-hybridized carbons (Fsp3) is 0.625. The van der Waals surface area contributed by atoms with Gasteiger partial charge in [-0.25, -0.2) is 9.97 Å². The number of aromatic nitrogens is 3. The highest BCUT2D eigenvalue weighted by Crippen LogP contribution is 2.31. The van der Waals surface area contributed by atoms with Crippen LogP contribution in [-0.4, -0.2) is 14.5 Å². The van der Waals surface area contributed by atoms with E-state index in [-0.39, 0.29) is 0 Å². The van der Waals surface area contributed by atoms with Gasteiger partial charge in [-0.2, -0.15) is 0 Å². The number of nitrogens with two attached hydrogens (primary N) is 1. The molecular formula is C16H24N4. The smallest absolute Gasteiger partial charge is 0.146 e. The number of fused-ring (bicyclic) bond motifs is 1. The Balaban J connectivity index is 1.98. The third kappa shape index (κ3) is 2.17. The van der Waals surface area contributed by atoms with Crippen molar-refractivity contribution < 1.29 is 0 Å². The van der Waals surface area contributed by atoms with Gasteiger partial charge in [0.15, 0.2) is 0 Å². The number of nitrogen functional groups attached to an aromatic ring is 1. The third-order valence-corrected chi connectivity index (χ3v) is 4.84. The van der Waals surface area contributed by atoms with E-state index in [1.807, 2.05) is 6.92 Å². The van der Waals surface area contributed by atoms with E-state index >= 15 is 0 Å². The van der Waals surface area contributed by atoms with E-state index in [1.165, 1.54) is 43.4 Å². The van der Waals surface area contributed by atoms with Crippen molar-refractivity contribution in [3.63, 3.8) is 0 Å². The minimum Gasteiger partial charge on any atom is -0.383 e. The zero-order valence-corrected chi connectivity index (χ0v) is 12.7. The molecule has 2 aromatic rings. The van der Waals surface area contributed by atoms with E-state index in [2.05, 4.69) is 28.4 Å². The van der Waals surface area contributed by atoms with Gasteiger partial charge >= 0.3 is 0 Å². The summed E-state index contributed by atoms with van der Waals surface area (Å²) >= 11 is 0. The predicted molar refractivity (Wildman–Crippen MR) is 82.7 cm³/mol. The Morgan fingerprint density at radius 3 is 2.55 bits per heavy atom. The van der Waals surface area contributed by atoms with Gasteiger partial charge in [0.25, 0.3) is 0 Å². The second-order valence-corrected chi connectivity index (χ2v) is 6.16. The molecule has 1 aliphatic rings. The van der Waals surface area contributed by atoms with Gasteiger partial charge in [-0.3, -0.25) is 0 Å². The van der Waals surface area contributed by atoms with Gasteiger partial charge in [-0.05, 0) is 38.7 Å². The lowest BCUT2D eigenvalue weighted by molar-refractivity contribution is 0.459. The Kier molecular flexibility index (Phi) is 3.40. The lowest BCUT2D eigenvalue weighted by atomic mass is 10.0. The van der Waals surface area contributed by atoms with E-state index < -0.39 is 0 Å². The molecule has 0 aromatic carbocycles. The Morgan fingerprint density at radius 2 is 1.85 bits per heavy atom. The van der Waals surface area contributed by atoms with E-state index in [9.17, 15) is 0 Å². The summed E-state index contributed by atoms with van der Waals surface area (Å²) in [6, 6.07) is 0. The minimum absolute atomic E-state index is 0.618. The van der Waals surface area contributed by atoms with Crippen molar-refractivity contribution >= 4 is 16.9 Å². The fourth-order valence-electron chi connectivity index (χ4n) is 3.56. The van der Waals surface area contributed by atoms with Crippen LogP contribution in [0.4, 0.5) is 5.82 Å². The first-order valence-corrected chi connectivity index (χ1v) is 7.67. The molecule has 20 heavy (non-hydrogen) atoms. The summed E-state index contributed by atoms with van der Waals surface area (Å²) in [6.07, 6.45) is 6.86. The molecule has 1 saturated carbocycles. The largest absolute Gasteiger partial charge is 0.383 e. The molecule has 2 N–H and O–H groups in total. The molecule has 1 aliphatic carbocycles. The van der Waals surface area contributed by atoms with Crippen molar-refractivity contribution in [3.8, 4) is 0 Å². The van der Waals surface area contributed by atoms with Crippen LogP contribution in [0.5, 0.6) is 0 Å². The normalized spacial score (nSPS) is 16.4. The zero-order chi connectivity index (χ0) is 14.3. The Bertz CT molecular complexity index is 636. The number of nitrogens with zero attached hydrogens (tertiary/aromatic N) is 3. The van der Waals surface area contributed by atoms with Gasteiger partial charge in [0.1, 0.15) is 17.3 Å². The van der Waals surface area contributed by atoms with Crippen LogP contribution in [0.2, 0.25) is 0 Å². The molecular weight excluding hydrogens is 248 g/mol. The molecule has 0 spiro atoms. The summed E-state index contributed by atoms with van der Waals surface area (Å²) in [5.41, 5.74) is 9.62. The highest BCUT2D eigenvalue weighted by molar-refractivity contribution is 5.91. The highest BCUT2D eigenvalue weighted by Gasteiger charge is 2.19. The maximum absolute atomic E-state index is 6.09. The van der Waals surface area contributed by atoms with Crippen LogP contribution in [0, 0.1) is 26.7 Å². The summed E-state index contributed by atoms with van der Waals surface area (Å²) in [5.74, 6) is 2.27. The minimum atomic E-state index is 0.618.